The number of esters is 1. The van der Waals surface area contributed by atoms with E-state index in [1.165, 1.54) is 0 Å². The van der Waals surface area contributed by atoms with Gasteiger partial charge in [0.15, 0.2) is 0 Å². The molecule has 9 nitrogen and oxygen atoms in total. The Balaban J connectivity index is 2.03. The number of carbonyl (C=O) groups is 1. The number of nitro groups is 2. The molecule has 0 saturated carbocycles. The summed E-state index contributed by atoms with van der Waals surface area (Å²) in [7, 11) is 1.82. The lowest BCUT2D eigenvalue weighted by molar-refractivity contribution is -0.394. The number of para-hydroxylation sites is 1. The van der Waals surface area contributed by atoms with Gasteiger partial charge in [0.1, 0.15) is 6.61 Å². The van der Waals surface area contributed by atoms with E-state index in [1.54, 1.807) is 0 Å². The molecule has 2 aromatic carbocycles. The smallest absolute Gasteiger partial charge is 0.338 e. The fourth-order valence-corrected chi connectivity index (χ4v) is 2.09. The zero-order valence-corrected chi connectivity index (χ0v) is 13.3. The first-order valence-corrected chi connectivity index (χ1v) is 7.25. The molecule has 0 fully saturated rings. The van der Waals surface area contributed by atoms with Crippen molar-refractivity contribution in [2.24, 2.45) is 0 Å². The van der Waals surface area contributed by atoms with Crippen LogP contribution < -0.4 is 4.90 Å². The summed E-state index contributed by atoms with van der Waals surface area (Å²) >= 11 is 0. The first-order valence-electron chi connectivity index (χ1n) is 7.25. The number of carbonyl (C=O) groups excluding carboxylic acids is 1. The van der Waals surface area contributed by atoms with Gasteiger partial charge in [-0.15, -0.1) is 0 Å². The third-order valence-electron chi connectivity index (χ3n) is 3.42. The number of anilines is 1. The average Bonchev–Trinajstić information content (AvgIpc) is 2.61. The van der Waals surface area contributed by atoms with Crippen molar-refractivity contribution in [3.8, 4) is 0 Å². The molecule has 130 valence electrons. The second-order valence-corrected chi connectivity index (χ2v) is 5.15. The number of likely N-dealkylation sites (N-methyl/N-ethyl adjacent to an activating group) is 1. The molecule has 0 amide bonds. The molecular weight excluding hydrogens is 330 g/mol. The molecule has 0 spiro atoms. The van der Waals surface area contributed by atoms with Gasteiger partial charge in [0.25, 0.3) is 11.4 Å². The van der Waals surface area contributed by atoms with Gasteiger partial charge in [-0.1, -0.05) is 18.2 Å². The first kappa shape index (κ1) is 17.9. The Morgan fingerprint density at radius 2 is 1.60 bits per heavy atom. The van der Waals surface area contributed by atoms with E-state index in [0.717, 1.165) is 23.9 Å². The quantitative estimate of drug-likeness (QED) is 0.430. The van der Waals surface area contributed by atoms with Crippen molar-refractivity contribution in [3.05, 3.63) is 74.3 Å². The van der Waals surface area contributed by atoms with E-state index in [9.17, 15) is 25.0 Å². The van der Waals surface area contributed by atoms with Crippen LogP contribution in [0.2, 0.25) is 0 Å². The monoisotopic (exact) mass is 345 g/mol. The van der Waals surface area contributed by atoms with Crippen LogP contribution in [0.25, 0.3) is 0 Å². The van der Waals surface area contributed by atoms with Gasteiger partial charge in [-0.2, -0.15) is 0 Å². The fraction of sp³-hybridized carbons (Fsp3) is 0.188. The van der Waals surface area contributed by atoms with Crippen LogP contribution in [0, 0.1) is 20.2 Å². The van der Waals surface area contributed by atoms with Crippen molar-refractivity contribution in [3.63, 3.8) is 0 Å². The number of ether oxygens (including phenoxy) is 1. The van der Waals surface area contributed by atoms with Gasteiger partial charge < -0.3 is 9.64 Å². The van der Waals surface area contributed by atoms with Crippen molar-refractivity contribution >= 4 is 23.0 Å². The molecule has 0 N–H and O–H groups in total. The average molecular weight is 345 g/mol. The van der Waals surface area contributed by atoms with Crippen LogP contribution in [0.5, 0.6) is 0 Å². The van der Waals surface area contributed by atoms with Gasteiger partial charge in [-0.3, -0.25) is 20.2 Å². The number of benzene rings is 2. The summed E-state index contributed by atoms with van der Waals surface area (Å²) in [5.74, 6) is -0.853. The highest BCUT2D eigenvalue weighted by atomic mass is 16.6. The van der Waals surface area contributed by atoms with Crippen LogP contribution in [0.15, 0.2) is 48.5 Å². The molecule has 9 heteroatoms. The number of hydrogen-bond donors (Lipinski definition) is 0. The zero-order chi connectivity index (χ0) is 18.4. The lowest BCUT2D eigenvalue weighted by atomic mass is 10.2. The number of nitrogens with zero attached hydrogens (tertiary/aromatic N) is 3. The van der Waals surface area contributed by atoms with E-state index < -0.39 is 27.2 Å². The van der Waals surface area contributed by atoms with Gasteiger partial charge in [-0.05, 0) is 12.1 Å². The molecule has 0 bridgehead atoms. The minimum atomic E-state index is -0.853. The number of hydrogen-bond acceptors (Lipinski definition) is 7. The highest BCUT2D eigenvalue weighted by Gasteiger charge is 2.20. The van der Waals surface area contributed by atoms with Crippen LogP contribution >= 0.6 is 0 Å². The van der Waals surface area contributed by atoms with Gasteiger partial charge in [0.05, 0.1) is 28.0 Å². The Bertz CT molecular complexity index is 761. The molecule has 0 saturated heterocycles. The Morgan fingerprint density at radius 1 is 1.04 bits per heavy atom. The van der Waals surface area contributed by atoms with Crippen LogP contribution in [0.4, 0.5) is 17.1 Å². The van der Waals surface area contributed by atoms with Gasteiger partial charge in [0, 0.05) is 24.9 Å². The summed E-state index contributed by atoms with van der Waals surface area (Å²) < 4.78 is 5.06. The molecule has 0 atom stereocenters. The summed E-state index contributed by atoms with van der Waals surface area (Å²) in [6.45, 7) is 0.424. The molecule has 0 aliphatic heterocycles. The zero-order valence-electron chi connectivity index (χ0n) is 13.3. The Hall–Kier alpha value is -3.49. The topological polar surface area (TPSA) is 116 Å². The van der Waals surface area contributed by atoms with E-state index in [2.05, 4.69) is 0 Å². The highest BCUT2D eigenvalue weighted by molar-refractivity contribution is 5.91. The van der Waals surface area contributed by atoms with Crippen molar-refractivity contribution in [2.75, 3.05) is 25.1 Å². The SMILES string of the molecule is CN(CCOC(=O)c1cc([N+](=O)[O-])cc([N+](=O)[O-])c1)c1ccccc1. The van der Waals surface area contributed by atoms with Crippen molar-refractivity contribution in [2.45, 2.75) is 0 Å². The fourth-order valence-electron chi connectivity index (χ4n) is 2.09. The molecule has 0 aliphatic carbocycles. The Labute approximate surface area is 142 Å². The van der Waals surface area contributed by atoms with Crippen molar-refractivity contribution in [1.29, 1.82) is 0 Å². The molecular formula is C16H15N3O6. The summed E-state index contributed by atoms with van der Waals surface area (Å²) in [5.41, 5.74) is -0.377. The second-order valence-electron chi connectivity index (χ2n) is 5.15. The van der Waals surface area contributed by atoms with Crippen LogP contribution in [-0.4, -0.2) is 36.0 Å². The maximum Gasteiger partial charge on any atom is 0.338 e. The Kier molecular flexibility index (Phi) is 5.62. The number of rotatable bonds is 7. The number of non-ortho nitro benzene ring substituents is 2. The summed E-state index contributed by atoms with van der Waals surface area (Å²) in [6.07, 6.45) is 0. The highest BCUT2D eigenvalue weighted by Crippen LogP contribution is 2.23. The molecule has 0 heterocycles. The van der Waals surface area contributed by atoms with Crippen LogP contribution in [0.1, 0.15) is 10.4 Å². The third kappa shape index (κ3) is 4.74. The minimum absolute atomic E-state index is 0.0285. The van der Waals surface area contributed by atoms with Gasteiger partial charge in [-0.25, -0.2) is 4.79 Å². The van der Waals surface area contributed by atoms with E-state index >= 15 is 0 Å². The maximum atomic E-state index is 12.0. The Morgan fingerprint density at radius 3 is 2.12 bits per heavy atom. The second kappa shape index (κ2) is 7.86. The molecule has 0 radical (unpaired) electrons. The predicted molar refractivity (Wildman–Crippen MR) is 89.7 cm³/mol. The van der Waals surface area contributed by atoms with Crippen LogP contribution in [-0.2, 0) is 4.74 Å². The van der Waals surface area contributed by atoms with Crippen molar-refractivity contribution < 1.29 is 19.4 Å². The molecule has 2 aromatic rings. The molecule has 0 aliphatic rings. The minimum Gasteiger partial charge on any atom is -0.460 e. The standard InChI is InChI=1S/C16H15N3O6/c1-17(13-5-3-2-4-6-13)7-8-25-16(20)12-9-14(18(21)22)11-15(10-12)19(23)24/h2-6,9-11H,7-8H2,1H3. The van der Waals surface area contributed by atoms with Gasteiger partial charge >= 0.3 is 5.97 Å². The molecule has 2 rings (SSSR count). The first-order chi connectivity index (χ1) is 11.9. The van der Waals surface area contributed by atoms with E-state index in [-0.39, 0.29) is 12.2 Å². The largest absolute Gasteiger partial charge is 0.460 e. The summed E-state index contributed by atoms with van der Waals surface area (Å²) in [4.78, 5) is 34.0. The lowest BCUT2D eigenvalue weighted by Gasteiger charge is -2.18. The lowest BCUT2D eigenvalue weighted by Crippen LogP contribution is -2.23. The maximum absolute atomic E-state index is 12.0. The molecule has 25 heavy (non-hydrogen) atoms. The van der Waals surface area contributed by atoms with E-state index in [4.69, 9.17) is 4.74 Å². The van der Waals surface area contributed by atoms with Crippen LogP contribution in [0.3, 0.4) is 0 Å². The van der Waals surface area contributed by atoms with E-state index in [1.807, 2.05) is 42.3 Å². The van der Waals surface area contributed by atoms with Crippen molar-refractivity contribution in [1.82, 2.24) is 0 Å². The molecule has 0 unspecified atom stereocenters. The summed E-state index contributed by atoms with van der Waals surface area (Å²) in [6, 6.07) is 12.1. The normalized spacial score (nSPS) is 10.1. The third-order valence-corrected chi connectivity index (χ3v) is 3.42. The molecule has 0 aromatic heterocycles. The predicted octanol–water partition coefficient (Wildman–Crippen LogP) is 2.80. The van der Waals surface area contributed by atoms with E-state index in [0.29, 0.717) is 6.54 Å². The summed E-state index contributed by atoms with van der Waals surface area (Å²) in [5, 5.41) is 21.7. The number of nitro benzene ring substituents is 2. The van der Waals surface area contributed by atoms with Gasteiger partial charge in [0.2, 0.25) is 0 Å².